The Balaban J connectivity index is 1.60. The van der Waals surface area contributed by atoms with Crippen molar-refractivity contribution in [1.29, 1.82) is 0 Å². The van der Waals surface area contributed by atoms with Crippen molar-refractivity contribution in [1.82, 2.24) is 20.2 Å². The van der Waals surface area contributed by atoms with Gasteiger partial charge in [0.05, 0.1) is 23.6 Å². The lowest BCUT2D eigenvalue weighted by atomic mass is 10.0. The first-order chi connectivity index (χ1) is 15.6. The van der Waals surface area contributed by atoms with E-state index in [0.29, 0.717) is 28.9 Å². The molecule has 8 nitrogen and oxygen atoms in total. The van der Waals surface area contributed by atoms with Crippen molar-refractivity contribution in [2.45, 2.75) is 45.4 Å². The molecule has 1 aliphatic rings. The molecule has 32 heavy (non-hydrogen) atoms. The average molecular weight is 431 g/mol. The molecular formula is C24H25N5O3. The fourth-order valence-corrected chi connectivity index (χ4v) is 4.10. The van der Waals surface area contributed by atoms with Crippen LogP contribution in [-0.4, -0.2) is 32.9 Å². The zero-order valence-electron chi connectivity index (χ0n) is 18.1. The highest BCUT2D eigenvalue weighted by Crippen LogP contribution is 2.27. The van der Waals surface area contributed by atoms with Crippen molar-refractivity contribution in [3.05, 3.63) is 81.5 Å². The number of benzene rings is 2. The first kappa shape index (κ1) is 20.4. The summed E-state index contributed by atoms with van der Waals surface area (Å²) in [7, 11) is 0. The Morgan fingerprint density at radius 1 is 1.19 bits per heavy atom. The maximum atomic E-state index is 13.4. The van der Waals surface area contributed by atoms with Gasteiger partial charge >= 0.3 is 0 Å². The number of tetrazole rings is 1. The van der Waals surface area contributed by atoms with Crippen LogP contribution < -0.4 is 10.7 Å². The summed E-state index contributed by atoms with van der Waals surface area (Å²) < 4.78 is 13.3. The van der Waals surface area contributed by atoms with E-state index in [1.54, 1.807) is 16.8 Å². The van der Waals surface area contributed by atoms with Gasteiger partial charge in [-0.05, 0) is 72.5 Å². The largest absolute Gasteiger partial charge is 0.464 e. The number of fused-ring (bicyclic) bond motifs is 1. The van der Waals surface area contributed by atoms with Crippen molar-refractivity contribution in [2.75, 3.05) is 11.9 Å². The highest BCUT2D eigenvalue weighted by Gasteiger charge is 2.27. The second kappa shape index (κ2) is 8.55. The predicted molar refractivity (Wildman–Crippen MR) is 121 cm³/mol. The number of hydrogen-bond acceptors (Lipinski definition) is 7. The van der Waals surface area contributed by atoms with Crippen LogP contribution in [-0.2, 0) is 11.3 Å². The van der Waals surface area contributed by atoms with E-state index < -0.39 is 6.04 Å². The van der Waals surface area contributed by atoms with Gasteiger partial charge in [-0.25, -0.2) is 4.68 Å². The van der Waals surface area contributed by atoms with Gasteiger partial charge < -0.3 is 14.5 Å². The number of hydrogen-bond donors (Lipinski definition) is 1. The van der Waals surface area contributed by atoms with Crippen molar-refractivity contribution >= 4 is 16.7 Å². The zero-order valence-corrected chi connectivity index (χ0v) is 18.1. The first-order valence-electron chi connectivity index (χ1n) is 10.8. The van der Waals surface area contributed by atoms with Gasteiger partial charge in [-0.1, -0.05) is 18.2 Å². The third-order valence-corrected chi connectivity index (χ3v) is 6.05. The molecule has 1 fully saturated rings. The van der Waals surface area contributed by atoms with Gasteiger partial charge in [0.15, 0.2) is 11.3 Å². The fraction of sp³-hybridized carbons (Fsp3) is 0.333. The number of nitrogens with zero attached hydrogens (tertiary/aromatic N) is 4. The molecule has 4 aromatic rings. The van der Waals surface area contributed by atoms with Gasteiger partial charge in [-0.2, -0.15) is 0 Å². The third-order valence-electron chi connectivity index (χ3n) is 6.05. The monoisotopic (exact) mass is 431 g/mol. The quantitative estimate of drug-likeness (QED) is 0.496. The number of rotatable bonds is 6. The lowest BCUT2D eigenvalue weighted by molar-refractivity contribution is 0.0925. The molecule has 1 saturated heterocycles. The molecule has 2 aromatic heterocycles. The van der Waals surface area contributed by atoms with E-state index in [0.717, 1.165) is 30.7 Å². The van der Waals surface area contributed by atoms with Crippen LogP contribution in [0.4, 0.5) is 5.69 Å². The van der Waals surface area contributed by atoms with Crippen molar-refractivity contribution in [3.8, 4) is 0 Å². The lowest BCUT2D eigenvalue weighted by Gasteiger charge is -2.20. The summed E-state index contributed by atoms with van der Waals surface area (Å²) in [6, 6.07) is 12.7. The molecule has 0 bridgehead atoms. The molecule has 1 aliphatic heterocycles. The van der Waals surface area contributed by atoms with Crippen molar-refractivity contribution in [2.24, 2.45) is 0 Å². The summed E-state index contributed by atoms with van der Waals surface area (Å²) in [5.74, 6) is 0.543. The molecule has 0 amide bonds. The van der Waals surface area contributed by atoms with Crippen LogP contribution in [0.25, 0.3) is 11.0 Å². The Hall–Kier alpha value is -3.52. The summed E-state index contributed by atoms with van der Waals surface area (Å²) in [4.78, 5) is 13.4. The van der Waals surface area contributed by atoms with Crippen LogP contribution in [0, 0.1) is 13.8 Å². The number of para-hydroxylation sites is 1. The second-order valence-electron chi connectivity index (χ2n) is 8.25. The summed E-state index contributed by atoms with van der Waals surface area (Å²) in [5.41, 5.74) is 4.10. The Kier molecular flexibility index (Phi) is 5.45. The van der Waals surface area contributed by atoms with Crippen LogP contribution in [0.2, 0.25) is 0 Å². The molecule has 1 N–H and O–H groups in total. The third kappa shape index (κ3) is 3.89. The minimum absolute atomic E-state index is 0.0625. The van der Waals surface area contributed by atoms with Crippen LogP contribution in [0.3, 0.4) is 0 Å². The van der Waals surface area contributed by atoms with E-state index in [4.69, 9.17) is 9.15 Å². The summed E-state index contributed by atoms with van der Waals surface area (Å²) in [6.45, 7) is 5.41. The van der Waals surface area contributed by atoms with Gasteiger partial charge in [-0.15, -0.1) is 5.10 Å². The van der Waals surface area contributed by atoms with Crippen molar-refractivity contribution < 1.29 is 9.15 Å². The first-order valence-corrected chi connectivity index (χ1v) is 10.8. The number of aryl methyl sites for hydroxylation is 2. The smallest absolute Gasteiger partial charge is 0.198 e. The second-order valence-corrected chi connectivity index (χ2v) is 8.25. The van der Waals surface area contributed by atoms with Gasteiger partial charge in [0.2, 0.25) is 0 Å². The SMILES string of the molecule is Cc1ccc(NC(c2coc3ccccc3c2=O)c2nnnn2CC2CCCO2)cc1C. The van der Waals surface area contributed by atoms with Crippen LogP contribution in [0.15, 0.2) is 57.9 Å². The van der Waals surface area contributed by atoms with Crippen molar-refractivity contribution in [3.63, 3.8) is 0 Å². The van der Waals surface area contributed by atoms with Gasteiger partial charge in [0.25, 0.3) is 0 Å². The molecule has 2 atom stereocenters. The standard InChI is InChI=1S/C24H25N5O3/c1-15-9-10-17(12-16(15)2)25-22(20-14-32-21-8-4-3-7-19(21)23(20)30)24-26-27-28-29(24)13-18-6-5-11-31-18/h3-4,7-10,12,14,18,22,25H,5-6,11,13H2,1-2H3. The molecule has 0 spiro atoms. The fourth-order valence-electron chi connectivity index (χ4n) is 4.10. The molecule has 8 heteroatoms. The Bertz CT molecular complexity index is 1310. The predicted octanol–water partition coefficient (Wildman–Crippen LogP) is 3.78. The van der Waals surface area contributed by atoms with Gasteiger partial charge in [0, 0.05) is 12.3 Å². The highest BCUT2D eigenvalue weighted by atomic mass is 16.5. The van der Waals surface area contributed by atoms with E-state index >= 15 is 0 Å². The molecule has 5 rings (SSSR count). The number of anilines is 1. The molecule has 2 aromatic carbocycles. The number of aromatic nitrogens is 4. The maximum Gasteiger partial charge on any atom is 0.198 e. The average Bonchev–Trinajstić information content (AvgIpc) is 3.48. The van der Waals surface area contributed by atoms with Crippen LogP contribution >= 0.6 is 0 Å². The normalized spacial score (nSPS) is 17.0. The minimum Gasteiger partial charge on any atom is -0.464 e. The van der Waals surface area contributed by atoms with E-state index in [2.05, 4.69) is 40.8 Å². The van der Waals surface area contributed by atoms with Crippen LogP contribution in [0.1, 0.15) is 41.4 Å². The van der Waals surface area contributed by atoms with Gasteiger partial charge in [-0.3, -0.25) is 4.79 Å². The zero-order chi connectivity index (χ0) is 22.1. The number of ether oxygens (including phenoxy) is 1. The Morgan fingerprint density at radius 2 is 2.06 bits per heavy atom. The highest BCUT2D eigenvalue weighted by molar-refractivity contribution is 5.77. The molecule has 0 saturated carbocycles. The van der Waals surface area contributed by atoms with E-state index in [1.807, 2.05) is 24.3 Å². The molecular weight excluding hydrogens is 406 g/mol. The molecule has 3 heterocycles. The van der Waals surface area contributed by atoms with E-state index in [9.17, 15) is 4.79 Å². The summed E-state index contributed by atoms with van der Waals surface area (Å²) in [6.07, 6.45) is 3.56. The Morgan fingerprint density at radius 3 is 2.88 bits per heavy atom. The molecule has 0 radical (unpaired) electrons. The van der Waals surface area contributed by atoms with Gasteiger partial charge in [0.1, 0.15) is 17.9 Å². The maximum absolute atomic E-state index is 13.4. The lowest BCUT2D eigenvalue weighted by Crippen LogP contribution is -2.26. The molecule has 164 valence electrons. The van der Waals surface area contributed by atoms with E-state index in [-0.39, 0.29) is 11.5 Å². The van der Waals surface area contributed by atoms with E-state index in [1.165, 1.54) is 11.8 Å². The summed E-state index contributed by atoms with van der Waals surface area (Å²) >= 11 is 0. The minimum atomic E-state index is -0.589. The number of nitrogens with one attached hydrogen (secondary N) is 1. The van der Waals surface area contributed by atoms with Crippen LogP contribution in [0.5, 0.6) is 0 Å². The molecule has 0 aliphatic carbocycles. The Labute approximate surface area is 185 Å². The summed E-state index contributed by atoms with van der Waals surface area (Å²) in [5, 5.41) is 16.4. The topological polar surface area (TPSA) is 95.1 Å². The molecule has 2 unspecified atom stereocenters.